The third-order valence-electron chi connectivity index (χ3n) is 3.10. The molecule has 106 valence electrons. The Bertz CT molecular complexity index is 602. The molecule has 1 heterocycles. The lowest BCUT2D eigenvalue weighted by molar-refractivity contribution is -0.138. The first-order valence-electron chi connectivity index (χ1n) is 6.17. The number of rotatable bonds is 5. The second-order valence-electron chi connectivity index (χ2n) is 4.50. The number of aryl methyl sites for hydroxylation is 2. The fraction of sp³-hybridized carbons (Fsp3) is 0.286. The summed E-state index contributed by atoms with van der Waals surface area (Å²) in [7, 11) is 1.57. The number of nitrogens with one attached hydrogen (secondary N) is 2. The number of carboxylic acids is 1. The number of aromatic nitrogens is 2. The van der Waals surface area contributed by atoms with Crippen molar-refractivity contribution in [1.82, 2.24) is 10.2 Å². The summed E-state index contributed by atoms with van der Waals surface area (Å²) in [5.74, 6) is -0.291. The number of hydrogen-bond donors (Lipinski definition) is 3. The monoisotopic (exact) mass is 275 g/mol. The highest BCUT2D eigenvalue weighted by Crippen LogP contribution is 2.26. The maximum absolute atomic E-state index is 11.5. The van der Waals surface area contributed by atoms with E-state index in [0.29, 0.717) is 22.7 Å². The Labute approximate surface area is 116 Å². The Morgan fingerprint density at radius 2 is 2.20 bits per heavy atom. The molecule has 0 amide bonds. The summed E-state index contributed by atoms with van der Waals surface area (Å²) in [5, 5.41) is 19.3. The molecule has 3 N–H and O–H groups in total. The Morgan fingerprint density at radius 1 is 1.45 bits per heavy atom. The molecule has 1 unspecified atom stereocenters. The van der Waals surface area contributed by atoms with Gasteiger partial charge in [0.1, 0.15) is 5.75 Å². The second kappa shape index (κ2) is 5.64. The molecular weight excluding hydrogens is 258 g/mol. The van der Waals surface area contributed by atoms with E-state index in [1.807, 2.05) is 0 Å². The van der Waals surface area contributed by atoms with Crippen molar-refractivity contribution >= 4 is 11.7 Å². The minimum atomic E-state index is -0.958. The summed E-state index contributed by atoms with van der Waals surface area (Å²) in [6.07, 6.45) is 0. The fourth-order valence-corrected chi connectivity index (χ4v) is 2.12. The van der Waals surface area contributed by atoms with Gasteiger partial charge in [-0.05, 0) is 26.0 Å². The van der Waals surface area contributed by atoms with Crippen LogP contribution >= 0.6 is 0 Å². The van der Waals surface area contributed by atoms with Crippen LogP contribution in [0.2, 0.25) is 0 Å². The average Bonchev–Trinajstić information content (AvgIpc) is 2.76. The first-order chi connectivity index (χ1) is 9.52. The summed E-state index contributed by atoms with van der Waals surface area (Å²) in [6, 6.07) is 6.29. The Hall–Kier alpha value is -2.50. The number of anilines is 1. The second-order valence-corrected chi connectivity index (χ2v) is 4.50. The molecule has 0 fully saturated rings. The predicted molar refractivity (Wildman–Crippen MR) is 75.1 cm³/mol. The SMILES string of the molecule is COc1cccc(NC(C(=O)O)c2c(C)n[nH]c2C)c1. The van der Waals surface area contributed by atoms with Gasteiger partial charge >= 0.3 is 5.97 Å². The Balaban J connectivity index is 2.33. The molecule has 0 aliphatic rings. The zero-order chi connectivity index (χ0) is 14.7. The number of aliphatic carboxylic acids is 1. The number of nitrogens with zero attached hydrogens (tertiary/aromatic N) is 1. The summed E-state index contributed by atoms with van der Waals surface area (Å²) in [6.45, 7) is 3.58. The Kier molecular flexibility index (Phi) is 3.93. The van der Waals surface area contributed by atoms with Crippen LogP contribution in [0.3, 0.4) is 0 Å². The van der Waals surface area contributed by atoms with E-state index in [-0.39, 0.29) is 0 Å². The third-order valence-corrected chi connectivity index (χ3v) is 3.10. The van der Waals surface area contributed by atoms with Crippen molar-refractivity contribution in [3.8, 4) is 5.75 Å². The van der Waals surface area contributed by atoms with Crippen LogP contribution in [0.15, 0.2) is 24.3 Å². The van der Waals surface area contributed by atoms with Crippen molar-refractivity contribution in [2.45, 2.75) is 19.9 Å². The molecular formula is C14H17N3O3. The molecule has 0 aliphatic carbocycles. The molecule has 0 aliphatic heterocycles. The van der Waals surface area contributed by atoms with Gasteiger partial charge in [-0.1, -0.05) is 6.07 Å². The van der Waals surface area contributed by atoms with Gasteiger partial charge in [-0.15, -0.1) is 0 Å². The number of hydrogen-bond acceptors (Lipinski definition) is 4. The number of aromatic amines is 1. The van der Waals surface area contributed by atoms with E-state index >= 15 is 0 Å². The van der Waals surface area contributed by atoms with E-state index in [2.05, 4.69) is 15.5 Å². The van der Waals surface area contributed by atoms with Gasteiger partial charge in [-0.25, -0.2) is 4.79 Å². The molecule has 2 rings (SSSR count). The molecule has 20 heavy (non-hydrogen) atoms. The molecule has 0 radical (unpaired) electrons. The van der Waals surface area contributed by atoms with E-state index in [9.17, 15) is 9.90 Å². The quantitative estimate of drug-likeness (QED) is 0.779. The Morgan fingerprint density at radius 3 is 2.75 bits per heavy atom. The third kappa shape index (κ3) is 2.74. The highest BCUT2D eigenvalue weighted by Gasteiger charge is 2.25. The van der Waals surface area contributed by atoms with Crippen LogP contribution < -0.4 is 10.1 Å². The van der Waals surface area contributed by atoms with Gasteiger partial charge in [-0.2, -0.15) is 5.10 Å². The van der Waals surface area contributed by atoms with E-state index < -0.39 is 12.0 Å². The van der Waals surface area contributed by atoms with Gasteiger partial charge < -0.3 is 15.2 Å². The minimum Gasteiger partial charge on any atom is -0.497 e. The molecule has 1 atom stereocenters. The molecule has 0 bridgehead atoms. The number of carbonyl (C=O) groups is 1. The van der Waals surface area contributed by atoms with Crippen molar-refractivity contribution in [3.63, 3.8) is 0 Å². The van der Waals surface area contributed by atoms with Crippen LogP contribution in [0, 0.1) is 13.8 Å². The van der Waals surface area contributed by atoms with Crippen LogP contribution in [-0.4, -0.2) is 28.4 Å². The lowest BCUT2D eigenvalue weighted by Crippen LogP contribution is -2.21. The largest absolute Gasteiger partial charge is 0.497 e. The van der Waals surface area contributed by atoms with Gasteiger partial charge in [0.2, 0.25) is 0 Å². The van der Waals surface area contributed by atoms with Crippen molar-refractivity contribution in [1.29, 1.82) is 0 Å². The van der Waals surface area contributed by atoms with E-state index in [1.54, 1.807) is 45.2 Å². The number of carboxylic acid groups (broad SMARTS) is 1. The maximum Gasteiger partial charge on any atom is 0.330 e. The zero-order valence-electron chi connectivity index (χ0n) is 11.6. The number of benzene rings is 1. The molecule has 1 aromatic carbocycles. The summed E-state index contributed by atoms with van der Waals surface area (Å²) < 4.78 is 5.13. The fourth-order valence-electron chi connectivity index (χ4n) is 2.12. The van der Waals surface area contributed by atoms with Gasteiger partial charge in [-0.3, -0.25) is 5.10 Å². The standard InChI is InChI=1S/C14H17N3O3/c1-8-12(9(2)17-16-8)13(14(18)19)15-10-5-4-6-11(7-10)20-3/h4-7,13,15H,1-3H3,(H,16,17)(H,18,19). The molecule has 2 aromatic rings. The molecule has 6 heteroatoms. The van der Waals surface area contributed by atoms with Gasteiger partial charge in [0.05, 0.1) is 12.8 Å². The lowest BCUT2D eigenvalue weighted by atomic mass is 10.0. The van der Waals surface area contributed by atoms with Gasteiger partial charge in [0.25, 0.3) is 0 Å². The predicted octanol–water partition coefficient (Wildman–Crippen LogP) is 2.27. The highest BCUT2D eigenvalue weighted by molar-refractivity contribution is 5.80. The van der Waals surface area contributed by atoms with Crippen LogP contribution in [0.5, 0.6) is 5.75 Å². The average molecular weight is 275 g/mol. The molecule has 1 aromatic heterocycles. The summed E-state index contributed by atoms with van der Waals surface area (Å²) in [5.41, 5.74) is 2.74. The van der Waals surface area contributed by atoms with Gasteiger partial charge in [0, 0.05) is 23.0 Å². The van der Waals surface area contributed by atoms with Crippen LogP contribution in [0.4, 0.5) is 5.69 Å². The normalized spacial score (nSPS) is 11.9. The van der Waals surface area contributed by atoms with Crippen molar-refractivity contribution < 1.29 is 14.6 Å². The van der Waals surface area contributed by atoms with Crippen molar-refractivity contribution in [2.75, 3.05) is 12.4 Å². The van der Waals surface area contributed by atoms with E-state index in [1.165, 1.54) is 0 Å². The van der Waals surface area contributed by atoms with Crippen LogP contribution in [0.1, 0.15) is 23.0 Å². The van der Waals surface area contributed by atoms with E-state index in [4.69, 9.17) is 4.74 Å². The highest BCUT2D eigenvalue weighted by atomic mass is 16.5. The van der Waals surface area contributed by atoms with Crippen LogP contribution in [0.25, 0.3) is 0 Å². The maximum atomic E-state index is 11.5. The number of ether oxygens (including phenoxy) is 1. The molecule has 0 saturated carbocycles. The zero-order valence-corrected chi connectivity index (χ0v) is 11.6. The first kappa shape index (κ1) is 13.9. The van der Waals surface area contributed by atoms with Gasteiger partial charge in [0.15, 0.2) is 6.04 Å². The molecule has 6 nitrogen and oxygen atoms in total. The minimum absolute atomic E-state index is 0.653. The number of methoxy groups -OCH3 is 1. The smallest absolute Gasteiger partial charge is 0.330 e. The van der Waals surface area contributed by atoms with Crippen molar-refractivity contribution in [2.24, 2.45) is 0 Å². The van der Waals surface area contributed by atoms with Crippen LogP contribution in [-0.2, 0) is 4.79 Å². The van der Waals surface area contributed by atoms with E-state index in [0.717, 1.165) is 5.69 Å². The molecule has 0 spiro atoms. The topological polar surface area (TPSA) is 87.2 Å². The van der Waals surface area contributed by atoms with Crippen molar-refractivity contribution in [3.05, 3.63) is 41.2 Å². The summed E-state index contributed by atoms with van der Waals surface area (Å²) in [4.78, 5) is 11.5. The molecule has 0 saturated heterocycles. The first-order valence-corrected chi connectivity index (χ1v) is 6.17. The summed E-state index contributed by atoms with van der Waals surface area (Å²) >= 11 is 0. The number of H-pyrrole nitrogens is 1. The lowest BCUT2D eigenvalue weighted by Gasteiger charge is -2.17.